The fraction of sp³-hybridized carbons (Fsp3) is 0.353. The molecule has 1 aromatic carbocycles. The molecule has 0 fully saturated rings. The second-order valence-corrected chi connectivity index (χ2v) is 5.94. The first-order valence-corrected chi connectivity index (χ1v) is 7.97. The van der Waals surface area contributed by atoms with E-state index in [9.17, 15) is 0 Å². The number of benzene rings is 1. The Morgan fingerprint density at radius 1 is 1.29 bits per heavy atom. The highest BCUT2D eigenvalue weighted by Gasteiger charge is 2.11. The molecule has 1 unspecified atom stereocenters. The van der Waals surface area contributed by atoms with Crippen molar-refractivity contribution in [2.75, 3.05) is 6.54 Å². The minimum Gasteiger partial charge on any atom is -0.487 e. The smallest absolute Gasteiger partial charge is 0.130 e. The van der Waals surface area contributed by atoms with Crippen molar-refractivity contribution in [2.24, 2.45) is 0 Å². The van der Waals surface area contributed by atoms with Crippen LogP contribution in [0.2, 0.25) is 0 Å². The third-order valence-corrected chi connectivity index (χ3v) is 3.77. The summed E-state index contributed by atoms with van der Waals surface area (Å²) in [6, 6.07) is 12.4. The van der Waals surface area contributed by atoms with Gasteiger partial charge in [0.05, 0.1) is 5.69 Å². The van der Waals surface area contributed by atoms with Crippen LogP contribution in [0.25, 0.3) is 0 Å². The molecule has 1 N–H and O–H groups in total. The molecular formula is C17H21BrN2O. The van der Waals surface area contributed by atoms with Crippen molar-refractivity contribution in [1.29, 1.82) is 0 Å². The summed E-state index contributed by atoms with van der Waals surface area (Å²) in [7, 11) is 0. The van der Waals surface area contributed by atoms with Gasteiger partial charge in [-0.25, -0.2) is 0 Å². The number of pyridine rings is 1. The molecule has 1 aromatic heterocycles. The molecule has 3 nitrogen and oxygen atoms in total. The van der Waals surface area contributed by atoms with Gasteiger partial charge >= 0.3 is 0 Å². The van der Waals surface area contributed by atoms with Gasteiger partial charge in [0.1, 0.15) is 12.4 Å². The molecule has 112 valence electrons. The van der Waals surface area contributed by atoms with Gasteiger partial charge in [-0.15, -0.1) is 0 Å². The van der Waals surface area contributed by atoms with E-state index >= 15 is 0 Å². The lowest BCUT2D eigenvalue weighted by atomic mass is 10.1. The first-order valence-electron chi connectivity index (χ1n) is 7.18. The zero-order valence-electron chi connectivity index (χ0n) is 12.7. The number of rotatable bonds is 6. The molecular weight excluding hydrogens is 328 g/mol. The summed E-state index contributed by atoms with van der Waals surface area (Å²) in [6.07, 6.45) is 0. The van der Waals surface area contributed by atoms with Gasteiger partial charge in [0.25, 0.3) is 0 Å². The van der Waals surface area contributed by atoms with Crippen molar-refractivity contribution in [2.45, 2.75) is 33.4 Å². The Labute approximate surface area is 134 Å². The van der Waals surface area contributed by atoms with Gasteiger partial charge in [0.15, 0.2) is 0 Å². The van der Waals surface area contributed by atoms with Gasteiger partial charge in [0.2, 0.25) is 0 Å². The van der Waals surface area contributed by atoms with Crippen LogP contribution >= 0.6 is 15.9 Å². The molecule has 0 radical (unpaired) electrons. The first-order chi connectivity index (χ1) is 10.1. The van der Waals surface area contributed by atoms with Gasteiger partial charge < -0.3 is 10.1 Å². The maximum atomic E-state index is 5.99. The zero-order chi connectivity index (χ0) is 15.2. The molecule has 0 amide bonds. The zero-order valence-corrected chi connectivity index (χ0v) is 14.3. The maximum absolute atomic E-state index is 5.99. The Bertz CT molecular complexity index is 601. The highest BCUT2D eigenvalue weighted by molar-refractivity contribution is 9.10. The van der Waals surface area contributed by atoms with E-state index in [4.69, 9.17) is 4.74 Å². The topological polar surface area (TPSA) is 34.1 Å². The van der Waals surface area contributed by atoms with E-state index in [1.807, 2.05) is 37.3 Å². The molecule has 21 heavy (non-hydrogen) atoms. The van der Waals surface area contributed by atoms with Crippen LogP contribution in [0.1, 0.15) is 36.8 Å². The van der Waals surface area contributed by atoms with E-state index in [2.05, 4.69) is 46.1 Å². The molecule has 0 aliphatic rings. The lowest BCUT2D eigenvalue weighted by Crippen LogP contribution is -2.18. The summed E-state index contributed by atoms with van der Waals surface area (Å²) in [5.74, 6) is 0.890. The summed E-state index contributed by atoms with van der Waals surface area (Å²) in [4.78, 5) is 4.47. The molecule has 1 atom stereocenters. The Hall–Kier alpha value is -1.39. The largest absolute Gasteiger partial charge is 0.487 e. The first kappa shape index (κ1) is 16.0. The molecule has 2 aromatic rings. The quantitative estimate of drug-likeness (QED) is 0.839. The molecule has 0 aliphatic carbocycles. The van der Waals surface area contributed by atoms with Crippen LogP contribution in [0.5, 0.6) is 5.75 Å². The van der Waals surface area contributed by atoms with Crippen molar-refractivity contribution < 1.29 is 4.74 Å². The summed E-state index contributed by atoms with van der Waals surface area (Å²) >= 11 is 3.51. The van der Waals surface area contributed by atoms with Crippen molar-refractivity contribution in [1.82, 2.24) is 10.3 Å². The van der Waals surface area contributed by atoms with E-state index in [0.29, 0.717) is 6.61 Å². The van der Waals surface area contributed by atoms with E-state index in [1.165, 1.54) is 0 Å². The number of hydrogen-bond donors (Lipinski definition) is 1. The molecule has 0 saturated carbocycles. The van der Waals surface area contributed by atoms with Gasteiger partial charge in [0, 0.05) is 21.8 Å². The molecule has 0 bridgehead atoms. The minimum absolute atomic E-state index is 0.253. The van der Waals surface area contributed by atoms with E-state index < -0.39 is 0 Å². The van der Waals surface area contributed by atoms with Crippen molar-refractivity contribution in [3.63, 3.8) is 0 Å². The molecule has 2 rings (SSSR count). The summed E-state index contributed by atoms with van der Waals surface area (Å²) in [5, 5.41) is 3.42. The summed E-state index contributed by atoms with van der Waals surface area (Å²) < 4.78 is 7.01. The number of ether oxygens (including phenoxy) is 1. The molecule has 4 heteroatoms. The SMILES string of the molecule is CCNC(C)c1ccc(Br)cc1OCc1cccc(C)n1. The molecule has 0 aliphatic heterocycles. The molecule has 0 saturated heterocycles. The predicted octanol–water partition coefficient (Wildman–Crippen LogP) is 4.40. The van der Waals surface area contributed by atoms with Gasteiger partial charge in [-0.05, 0) is 44.7 Å². The monoisotopic (exact) mass is 348 g/mol. The van der Waals surface area contributed by atoms with Crippen LogP contribution in [0.15, 0.2) is 40.9 Å². The Morgan fingerprint density at radius 2 is 2.10 bits per heavy atom. The number of aryl methyl sites for hydroxylation is 1. The normalized spacial score (nSPS) is 12.2. The second-order valence-electron chi connectivity index (χ2n) is 5.02. The molecule has 0 spiro atoms. The maximum Gasteiger partial charge on any atom is 0.130 e. The highest BCUT2D eigenvalue weighted by atomic mass is 79.9. The number of hydrogen-bond acceptors (Lipinski definition) is 3. The third-order valence-electron chi connectivity index (χ3n) is 3.27. The van der Waals surface area contributed by atoms with Crippen LogP contribution < -0.4 is 10.1 Å². The summed E-state index contributed by atoms with van der Waals surface area (Å²) in [5.41, 5.74) is 3.11. The number of nitrogens with one attached hydrogen (secondary N) is 1. The number of halogens is 1. The Morgan fingerprint density at radius 3 is 2.81 bits per heavy atom. The average Bonchev–Trinajstić information content (AvgIpc) is 2.45. The van der Waals surface area contributed by atoms with E-state index in [-0.39, 0.29) is 6.04 Å². The lowest BCUT2D eigenvalue weighted by Gasteiger charge is -2.18. The minimum atomic E-state index is 0.253. The van der Waals surface area contributed by atoms with Gasteiger partial charge in [-0.2, -0.15) is 0 Å². The average molecular weight is 349 g/mol. The number of aromatic nitrogens is 1. The van der Waals surface area contributed by atoms with Crippen molar-refractivity contribution in [3.8, 4) is 5.75 Å². The number of nitrogens with zero attached hydrogens (tertiary/aromatic N) is 1. The van der Waals surface area contributed by atoms with Gasteiger partial charge in [-0.1, -0.05) is 35.0 Å². The van der Waals surface area contributed by atoms with E-state index in [0.717, 1.165) is 33.7 Å². The lowest BCUT2D eigenvalue weighted by molar-refractivity contribution is 0.295. The second kappa shape index (κ2) is 7.57. The third kappa shape index (κ3) is 4.55. The van der Waals surface area contributed by atoms with Gasteiger partial charge in [-0.3, -0.25) is 4.98 Å². The van der Waals surface area contributed by atoms with Crippen LogP contribution in [0.4, 0.5) is 0 Å². The van der Waals surface area contributed by atoms with Crippen LogP contribution in [0, 0.1) is 6.92 Å². The fourth-order valence-corrected chi connectivity index (χ4v) is 2.58. The summed E-state index contributed by atoms with van der Waals surface area (Å²) in [6.45, 7) is 7.64. The molecule has 1 heterocycles. The van der Waals surface area contributed by atoms with Crippen LogP contribution in [0.3, 0.4) is 0 Å². The predicted molar refractivity (Wildman–Crippen MR) is 89.5 cm³/mol. The van der Waals surface area contributed by atoms with Crippen LogP contribution in [-0.2, 0) is 6.61 Å². The van der Waals surface area contributed by atoms with Crippen molar-refractivity contribution >= 4 is 15.9 Å². The Balaban J connectivity index is 2.16. The fourth-order valence-electron chi connectivity index (χ4n) is 2.24. The Kier molecular flexibility index (Phi) is 5.76. The van der Waals surface area contributed by atoms with Crippen molar-refractivity contribution in [3.05, 3.63) is 57.8 Å². The highest BCUT2D eigenvalue weighted by Crippen LogP contribution is 2.29. The van der Waals surface area contributed by atoms with Crippen LogP contribution in [-0.4, -0.2) is 11.5 Å². The van der Waals surface area contributed by atoms with E-state index in [1.54, 1.807) is 0 Å². The standard InChI is InChI=1S/C17H21BrN2O/c1-4-19-13(3)16-9-8-14(18)10-17(16)21-11-15-7-5-6-12(2)20-15/h5-10,13,19H,4,11H2,1-3H3.